The Morgan fingerprint density at radius 3 is 2.15 bits per heavy atom. The molecule has 3 aromatic carbocycles. The Labute approximate surface area is 239 Å². The highest BCUT2D eigenvalue weighted by atomic mass is 35.5. The third-order valence-corrected chi connectivity index (χ3v) is 8.78. The molecule has 202 valence electrons. The molecular weight excluding hydrogens is 582 g/mol. The lowest BCUT2D eigenvalue weighted by Crippen LogP contribution is -2.61. The van der Waals surface area contributed by atoms with Gasteiger partial charge in [-0.15, -0.1) is 11.3 Å². The number of carbonyl (C=O) groups excluding carboxylic acids is 1. The van der Waals surface area contributed by atoms with Crippen molar-refractivity contribution < 1.29 is 17.6 Å². The van der Waals surface area contributed by atoms with E-state index in [1.54, 1.807) is 5.38 Å². The van der Waals surface area contributed by atoms with Gasteiger partial charge in [0.2, 0.25) is 10.0 Å². The van der Waals surface area contributed by atoms with E-state index in [0.29, 0.717) is 28.3 Å². The zero-order chi connectivity index (χ0) is 27.7. The summed E-state index contributed by atoms with van der Waals surface area (Å²) in [7, 11) is -3.81. The molecule has 0 aliphatic carbocycles. The Kier molecular flexibility index (Phi) is 7.93. The average Bonchev–Trinajstić information content (AvgIpc) is 3.36. The van der Waals surface area contributed by atoms with Crippen LogP contribution in [0.4, 0.5) is 15.2 Å². The van der Waals surface area contributed by atoms with Crippen LogP contribution in [0.2, 0.25) is 10.0 Å². The lowest BCUT2D eigenvalue weighted by atomic mass is 9.93. The number of hydrogen-bond donors (Lipinski definition) is 1. The highest BCUT2D eigenvalue weighted by molar-refractivity contribution is 7.92. The number of anilines is 2. The number of rotatable bonds is 8. The van der Waals surface area contributed by atoms with E-state index in [1.165, 1.54) is 27.9 Å². The molecule has 1 aliphatic rings. The van der Waals surface area contributed by atoms with Crippen molar-refractivity contribution in [2.75, 3.05) is 29.0 Å². The zero-order valence-electron chi connectivity index (χ0n) is 20.6. The fourth-order valence-corrected chi connectivity index (χ4v) is 6.65. The van der Waals surface area contributed by atoms with Gasteiger partial charge in [0.05, 0.1) is 24.0 Å². The van der Waals surface area contributed by atoms with Gasteiger partial charge in [0.25, 0.3) is 5.91 Å². The molecule has 0 spiro atoms. The van der Waals surface area contributed by atoms with Gasteiger partial charge in [0, 0.05) is 40.3 Å². The third-order valence-electron chi connectivity index (χ3n) is 6.37. The quantitative estimate of drug-likeness (QED) is 0.263. The molecule has 39 heavy (non-hydrogen) atoms. The summed E-state index contributed by atoms with van der Waals surface area (Å²) in [6, 6.07) is 17.9. The minimum atomic E-state index is -3.81. The number of amides is 1. The summed E-state index contributed by atoms with van der Waals surface area (Å²) in [6.07, 6.45) is 2.61. The van der Waals surface area contributed by atoms with Gasteiger partial charge in [-0.1, -0.05) is 47.5 Å². The molecule has 1 aromatic heterocycles. The molecular formula is C27H23Cl2FN4O3S2. The Morgan fingerprint density at radius 1 is 1.05 bits per heavy atom. The Balaban J connectivity index is 1.43. The minimum absolute atomic E-state index is 0.00904. The normalized spacial score (nSPS) is 14.3. The van der Waals surface area contributed by atoms with E-state index >= 15 is 0 Å². The van der Waals surface area contributed by atoms with Crippen LogP contribution in [0.5, 0.6) is 0 Å². The maximum Gasteiger partial charge on any atom is 0.257 e. The Morgan fingerprint density at radius 2 is 1.64 bits per heavy atom. The van der Waals surface area contributed by atoms with E-state index in [2.05, 4.69) is 15.2 Å². The number of benzene rings is 3. The summed E-state index contributed by atoms with van der Waals surface area (Å²) in [5.74, 6) is -1.30. The second-order valence-corrected chi connectivity index (χ2v) is 12.8. The first-order valence-corrected chi connectivity index (χ1v) is 15.3. The monoisotopic (exact) mass is 604 g/mol. The van der Waals surface area contributed by atoms with E-state index < -0.39 is 27.8 Å². The van der Waals surface area contributed by atoms with Crippen LogP contribution in [0, 0.1) is 5.82 Å². The molecule has 2 heterocycles. The maximum absolute atomic E-state index is 14.7. The van der Waals surface area contributed by atoms with Gasteiger partial charge in [-0.05, 0) is 53.6 Å². The van der Waals surface area contributed by atoms with Crippen LogP contribution in [0.1, 0.15) is 27.5 Å². The van der Waals surface area contributed by atoms with Crippen LogP contribution in [0.15, 0.2) is 78.3 Å². The van der Waals surface area contributed by atoms with Crippen molar-refractivity contribution in [2.45, 2.75) is 12.1 Å². The third kappa shape index (κ3) is 6.26. The minimum Gasteiger partial charge on any atom is -0.298 e. The van der Waals surface area contributed by atoms with Gasteiger partial charge < -0.3 is 0 Å². The van der Waals surface area contributed by atoms with Crippen LogP contribution < -0.4 is 9.62 Å². The standard InChI is InChI=1S/C27H23Cl2FN4O3S2/c1-39(36,37)34(23-13-19(12-22(30)14-23)26(35)32-27-31-10-11-38-27)24-15-33(16-24)25(17-2-6-20(28)7-3-17)18-4-8-21(29)9-5-18/h2-14,24-25H,15-16H2,1H3,(H,31,32,35). The molecule has 1 aliphatic heterocycles. The first kappa shape index (κ1) is 27.5. The van der Waals surface area contributed by atoms with Crippen molar-refractivity contribution in [1.82, 2.24) is 9.88 Å². The first-order valence-electron chi connectivity index (χ1n) is 11.8. The second kappa shape index (κ2) is 11.2. The summed E-state index contributed by atoms with van der Waals surface area (Å²) in [5.41, 5.74) is 2.04. The molecule has 0 saturated carbocycles. The molecule has 0 radical (unpaired) electrons. The molecule has 1 N–H and O–H groups in total. The van der Waals surface area contributed by atoms with Gasteiger partial charge in [0.1, 0.15) is 5.82 Å². The van der Waals surface area contributed by atoms with Crippen molar-refractivity contribution >= 4 is 61.3 Å². The van der Waals surface area contributed by atoms with Crippen LogP contribution >= 0.6 is 34.5 Å². The number of likely N-dealkylation sites (tertiary alicyclic amines) is 1. The number of carbonyl (C=O) groups is 1. The van der Waals surface area contributed by atoms with Gasteiger partial charge in [-0.25, -0.2) is 17.8 Å². The van der Waals surface area contributed by atoms with Crippen molar-refractivity contribution in [3.8, 4) is 0 Å². The maximum atomic E-state index is 14.7. The Hall–Kier alpha value is -3.02. The van der Waals surface area contributed by atoms with Crippen molar-refractivity contribution in [3.05, 3.63) is 111 Å². The fraction of sp³-hybridized carbons (Fsp3) is 0.185. The fourth-order valence-electron chi connectivity index (χ4n) is 4.71. The predicted octanol–water partition coefficient (Wildman–Crippen LogP) is 6.08. The molecule has 0 bridgehead atoms. The topological polar surface area (TPSA) is 82.6 Å². The average molecular weight is 606 g/mol. The van der Waals surface area contributed by atoms with E-state index in [-0.39, 0.29) is 17.3 Å². The SMILES string of the molecule is CS(=O)(=O)N(c1cc(F)cc(C(=O)Nc2nccs2)c1)C1CN(C(c2ccc(Cl)cc2)c2ccc(Cl)cc2)C1. The van der Waals surface area contributed by atoms with E-state index in [4.69, 9.17) is 23.2 Å². The van der Waals surface area contributed by atoms with E-state index in [1.807, 2.05) is 48.5 Å². The number of aromatic nitrogens is 1. The lowest BCUT2D eigenvalue weighted by molar-refractivity contribution is 0.102. The number of nitrogens with one attached hydrogen (secondary N) is 1. The smallest absolute Gasteiger partial charge is 0.257 e. The number of hydrogen-bond acceptors (Lipinski definition) is 6. The summed E-state index contributed by atoms with van der Waals surface area (Å²) in [5, 5.41) is 5.87. The number of thiazole rings is 1. The predicted molar refractivity (Wildman–Crippen MR) is 154 cm³/mol. The number of sulfonamides is 1. The number of nitrogens with zero attached hydrogens (tertiary/aromatic N) is 3. The first-order chi connectivity index (χ1) is 18.6. The lowest BCUT2D eigenvalue weighted by Gasteiger charge is -2.48. The molecule has 0 unspecified atom stereocenters. The van der Waals surface area contributed by atoms with Gasteiger partial charge >= 0.3 is 0 Å². The summed E-state index contributed by atoms with van der Waals surface area (Å²) < 4.78 is 41.8. The Bertz CT molecular complexity index is 1530. The van der Waals surface area contributed by atoms with Crippen LogP contribution in [-0.2, 0) is 10.0 Å². The van der Waals surface area contributed by atoms with Gasteiger partial charge in [-0.3, -0.25) is 19.3 Å². The van der Waals surface area contributed by atoms with Crippen LogP contribution in [0.25, 0.3) is 0 Å². The van der Waals surface area contributed by atoms with Crippen molar-refractivity contribution in [3.63, 3.8) is 0 Å². The molecule has 1 fully saturated rings. The molecule has 7 nitrogen and oxygen atoms in total. The zero-order valence-corrected chi connectivity index (χ0v) is 23.7. The highest BCUT2D eigenvalue weighted by Crippen LogP contribution is 2.37. The molecule has 1 saturated heterocycles. The van der Waals surface area contributed by atoms with Crippen molar-refractivity contribution in [2.24, 2.45) is 0 Å². The molecule has 0 atom stereocenters. The van der Waals surface area contributed by atoms with Crippen LogP contribution in [0.3, 0.4) is 0 Å². The van der Waals surface area contributed by atoms with Gasteiger partial charge in [0.15, 0.2) is 5.13 Å². The highest BCUT2D eigenvalue weighted by Gasteiger charge is 2.41. The van der Waals surface area contributed by atoms with E-state index in [9.17, 15) is 17.6 Å². The number of halogens is 3. The molecule has 1 amide bonds. The molecule has 4 aromatic rings. The second-order valence-electron chi connectivity index (χ2n) is 9.16. The summed E-state index contributed by atoms with van der Waals surface area (Å²) in [6.45, 7) is 0.750. The summed E-state index contributed by atoms with van der Waals surface area (Å²) in [4.78, 5) is 18.9. The van der Waals surface area contributed by atoms with E-state index in [0.717, 1.165) is 29.5 Å². The van der Waals surface area contributed by atoms with Crippen molar-refractivity contribution in [1.29, 1.82) is 0 Å². The van der Waals surface area contributed by atoms with Gasteiger partial charge in [-0.2, -0.15) is 0 Å². The molecule has 12 heteroatoms. The largest absolute Gasteiger partial charge is 0.298 e. The molecule has 5 rings (SSSR count). The van der Waals surface area contributed by atoms with Crippen LogP contribution in [-0.4, -0.2) is 49.6 Å². The summed E-state index contributed by atoms with van der Waals surface area (Å²) >= 11 is 13.4.